The topological polar surface area (TPSA) is 47.5 Å². The molecule has 5 nitrogen and oxygen atoms in total. The van der Waals surface area contributed by atoms with Crippen LogP contribution in [-0.4, -0.2) is 30.7 Å². The van der Waals surface area contributed by atoms with Gasteiger partial charge < -0.3 is 14.4 Å². The molecular weight excluding hydrogens is 337 g/mol. The monoisotopic (exact) mass is 353 g/mol. The van der Waals surface area contributed by atoms with Crippen molar-refractivity contribution in [1.29, 1.82) is 0 Å². The first-order valence-corrected chi connectivity index (χ1v) is 7.97. The van der Waals surface area contributed by atoms with Crippen molar-refractivity contribution in [2.75, 3.05) is 25.7 Å². The molecule has 23 heavy (non-hydrogen) atoms. The standard InChI is InChI=1S/C16H17Cl2N3O2/c1-9-7-21(15-13(9)14(17)19-16(18)20-15)8-10-4-5-11(22-2)6-12(10)23-3/h4-6,9H,7-8H2,1-3H3. The molecule has 1 aliphatic heterocycles. The van der Waals surface area contributed by atoms with Crippen molar-refractivity contribution >= 4 is 29.0 Å². The van der Waals surface area contributed by atoms with Crippen molar-refractivity contribution in [3.8, 4) is 11.5 Å². The summed E-state index contributed by atoms with van der Waals surface area (Å²) in [6.45, 7) is 3.56. The molecule has 0 amide bonds. The molecule has 2 heterocycles. The number of fused-ring (bicyclic) bond motifs is 1. The number of hydrogen-bond donors (Lipinski definition) is 0. The first-order valence-electron chi connectivity index (χ1n) is 7.22. The summed E-state index contributed by atoms with van der Waals surface area (Å²) in [4.78, 5) is 10.6. The third-order valence-corrected chi connectivity index (χ3v) is 4.45. The Morgan fingerprint density at radius 1 is 1.22 bits per heavy atom. The quantitative estimate of drug-likeness (QED) is 0.615. The van der Waals surface area contributed by atoms with Gasteiger partial charge in [0.1, 0.15) is 22.5 Å². The molecule has 0 radical (unpaired) electrons. The smallest absolute Gasteiger partial charge is 0.225 e. The lowest BCUT2D eigenvalue weighted by Gasteiger charge is -2.20. The maximum atomic E-state index is 6.23. The molecule has 0 aliphatic carbocycles. The van der Waals surface area contributed by atoms with E-state index in [-0.39, 0.29) is 11.2 Å². The number of nitrogens with zero attached hydrogens (tertiary/aromatic N) is 3. The zero-order chi connectivity index (χ0) is 16.6. The summed E-state index contributed by atoms with van der Waals surface area (Å²) >= 11 is 12.2. The largest absolute Gasteiger partial charge is 0.497 e. The van der Waals surface area contributed by atoms with Crippen LogP contribution in [0, 0.1) is 0 Å². The molecule has 0 bridgehead atoms. The van der Waals surface area contributed by atoms with Crippen LogP contribution in [0.4, 0.5) is 5.82 Å². The first-order chi connectivity index (χ1) is 11.0. The van der Waals surface area contributed by atoms with Gasteiger partial charge in [-0.3, -0.25) is 0 Å². The van der Waals surface area contributed by atoms with E-state index in [4.69, 9.17) is 32.7 Å². The number of hydrogen-bond acceptors (Lipinski definition) is 5. The number of rotatable bonds is 4. The van der Waals surface area contributed by atoms with E-state index in [0.29, 0.717) is 11.7 Å². The van der Waals surface area contributed by atoms with Crippen molar-refractivity contribution in [1.82, 2.24) is 9.97 Å². The molecule has 1 aromatic carbocycles. The summed E-state index contributed by atoms with van der Waals surface area (Å²) in [6.07, 6.45) is 0. The van der Waals surface area contributed by atoms with Crippen LogP contribution >= 0.6 is 23.2 Å². The van der Waals surface area contributed by atoms with Crippen LogP contribution < -0.4 is 14.4 Å². The predicted molar refractivity (Wildman–Crippen MR) is 91.1 cm³/mol. The van der Waals surface area contributed by atoms with E-state index in [2.05, 4.69) is 21.8 Å². The van der Waals surface area contributed by atoms with Gasteiger partial charge in [-0.05, 0) is 23.7 Å². The molecule has 0 fully saturated rings. The molecule has 1 unspecified atom stereocenters. The van der Waals surface area contributed by atoms with Gasteiger partial charge in [-0.25, -0.2) is 9.97 Å². The molecule has 0 spiro atoms. The molecule has 0 saturated carbocycles. The van der Waals surface area contributed by atoms with Crippen LogP contribution in [0.25, 0.3) is 0 Å². The Hall–Kier alpha value is -1.72. The Morgan fingerprint density at radius 2 is 2.00 bits per heavy atom. The van der Waals surface area contributed by atoms with Crippen molar-refractivity contribution in [3.63, 3.8) is 0 Å². The number of halogens is 2. The SMILES string of the molecule is COc1ccc(CN2CC(C)c3c(Cl)nc(Cl)nc32)c(OC)c1. The summed E-state index contributed by atoms with van der Waals surface area (Å²) in [5.74, 6) is 2.57. The van der Waals surface area contributed by atoms with Crippen LogP contribution in [0.2, 0.25) is 10.4 Å². The summed E-state index contributed by atoms with van der Waals surface area (Å²) < 4.78 is 10.7. The van der Waals surface area contributed by atoms with Crippen LogP contribution in [0.1, 0.15) is 24.0 Å². The van der Waals surface area contributed by atoms with Crippen LogP contribution in [0.15, 0.2) is 18.2 Å². The van der Waals surface area contributed by atoms with E-state index in [1.165, 1.54) is 0 Å². The van der Waals surface area contributed by atoms with E-state index >= 15 is 0 Å². The highest BCUT2D eigenvalue weighted by atomic mass is 35.5. The number of benzene rings is 1. The fourth-order valence-corrected chi connectivity index (χ4v) is 3.47. The number of methoxy groups -OCH3 is 2. The molecule has 0 N–H and O–H groups in total. The van der Waals surface area contributed by atoms with Crippen LogP contribution in [0.5, 0.6) is 11.5 Å². The van der Waals surface area contributed by atoms with Gasteiger partial charge in [-0.15, -0.1) is 0 Å². The third-order valence-electron chi connectivity index (χ3n) is 3.99. The molecule has 122 valence electrons. The van der Waals surface area contributed by atoms with Gasteiger partial charge in [0.2, 0.25) is 5.28 Å². The van der Waals surface area contributed by atoms with Gasteiger partial charge in [0.25, 0.3) is 0 Å². The number of anilines is 1. The zero-order valence-corrected chi connectivity index (χ0v) is 14.6. The lowest BCUT2D eigenvalue weighted by atomic mass is 10.1. The highest BCUT2D eigenvalue weighted by molar-refractivity contribution is 6.32. The number of aromatic nitrogens is 2. The molecule has 7 heteroatoms. The molecule has 3 rings (SSSR count). The molecule has 1 aliphatic rings. The van der Waals surface area contributed by atoms with Gasteiger partial charge in [0.15, 0.2) is 0 Å². The lowest BCUT2D eigenvalue weighted by molar-refractivity contribution is 0.390. The minimum atomic E-state index is 0.162. The van der Waals surface area contributed by atoms with E-state index < -0.39 is 0 Å². The van der Waals surface area contributed by atoms with E-state index in [1.807, 2.05) is 18.2 Å². The van der Waals surface area contributed by atoms with E-state index in [9.17, 15) is 0 Å². The second kappa shape index (κ2) is 6.42. The van der Waals surface area contributed by atoms with Crippen LogP contribution in [0.3, 0.4) is 0 Å². The van der Waals surface area contributed by atoms with E-state index in [0.717, 1.165) is 35.0 Å². The van der Waals surface area contributed by atoms with Crippen molar-refractivity contribution < 1.29 is 9.47 Å². The normalized spacial score (nSPS) is 16.4. The predicted octanol–water partition coefficient (Wildman–Crippen LogP) is 3.92. The second-order valence-corrected chi connectivity index (χ2v) is 6.18. The summed E-state index contributed by atoms with van der Waals surface area (Å²) in [5.41, 5.74) is 1.99. The molecular formula is C16H17Cl2N3O2. The summed E-state index contributed by atoms with van der Waals surface area (Å²) in [7, 11) is 3.28. The molecule has 0 saturated heterocycles. The van der Waals surface area contributed by atoms with Gasteiger partial charge in [0.05, 0.1) is 14.2 Å². The minimum absolute atomic E-state index is 0.162. The van der Waals surface area contributed by atoms with Crippen molar-refractivity contribution in [2.45, 2.75) is 19.4 Å². The first kappa shape index (κ1) is 16.1. The van der Waals surface area contributed by atoms with Gasteiger partial charge in [-0.1, -0.05) is 18.5 Å². The fourth-order valence-electron chi connectivity index (χ4n) is 2.91. The van der Waals surface area contributed by atoms with Gasteiger partial charge >= 0.3 is 0 Å². The van der Waals surface area contributed by atoms with Crippen LogP contribution in [-0.2, 0) is 6.54 Å². The summed E-state index contributed by atoms with van der Waals surface area (Å²) in [6, 6.07) is 5.78. The average molecular weight is 354 g/mol. The zero-order valence-electron chi connectivity index (χ0n) is 13.1. The minimum Gasteiger partial charge on any atom is -0.497 e. The Morgan fingerprint density at radius 3 is 2.70 bits per heavy atom. The molecule has 2 aromatic rings. The Bertz CT molecular complexity index is 740. The highest BCUT2D eigenvalue weighted by Gasteiger charge is 2.31. The van der Waals surface area contributed by atoms with Crippen molar-refractivity contribution in [2.24, 2.45) is 0 Å². The Balaban J connectivity index is 1.94. The lowest BCUT2D eigenvalue weighted by Crippen LogP contribution is -2.21. The maximum Gasteiger partial charge on any atom is 0.225 e. The van der Waals surface area contributed by atoms with Gasteiger partial charge in [0, 0.05) is 36.2 Å². The third kappa shape index (κ3) is 3.03. The number of ether oxygens (including phenoxy) is 2. The molecule has 1 atom stereocenters. The summed E-state index contributed by atoms with van der Waals surface area (Å²) in [5, 5.41) is 0.589. The Kier molecular flexibility index (Phi) is 4.50. The van der Waals surface area contributed by atoms with E-state index in [1.54, 1.807) is 14.2 Å². The highest BCUT2D eigenvalue weighted by Crippen LogP contribution is 2.40. The molecule has 1 aromatic heterocycles. The Labute approximate surface area is 145 Å². The fraction of sp³-hybridized carbons (Fsp3) is 0.375. The second-order valence-electron chi connectivity index (χ2n) is 5.48. The maximum absolute atomic E-state index is 6.23. The average Bonchev–Trinajstić information content (AvgIpc) is 2.83. The van der Waals surface area contributed by atoms with Crippen molar-refractivity contribution in [3.05, 3.63) is 39.8 Å². The van der Waals surface area contributed by atoms with Gasteiger partial charge in [-0.2, -0.15) is 0 Å².